The molecule has 19 heavy (non-hydrogen) atoms. The van der Waals surface area contributed by atoms with Gasteiger partial charge in [-0.2, -0.15) is 4.98 Å². The van der Waals surface area contributed by atoms with Gasteiger partial charge in [-0.15, -0.1) is 11.8 Å². The van der Waals surface area contributed by atoms with Crippen molar-refractivity contribution in [2.45, 2.75) is 23.1 Å². The van der Waals surface area contributed by atoms with Gasteiger partial charge in [0.2, 0.25) is 5.95 Å². The van der Waals surface area contributed by atoms with E-state index in [0.29, 0.717) is 12.1 Å². The molecular formula is C10H13N5O3S. The first kappa shape index (κ1) is 12.5. The standard InChI is InChI=1S/C10H13N5O3S/c11-10-13-8-7(9(18)14-10)12-3-15(8)6-1-4(17)5(2-16)19-6/h3-6,16-17H,1-2H2,(H3,11,13,14,18)/t4-,5-,6-/m0/s1. The molecule has 3 rings (SSSR count). The molecule has 1 aliphatic heterocycles. The number of nitrogen functional groups attached to an aromatic ring is 1. The summed E-state index contributed by atoms with van der Waals surface area (Å²) in [6, 6.07) is 0. The molecule has 3 atom stereocenters. The van der Waals surface area contributed by atoms with Gasteiger partial charge in [0.25, 0.3) is 5.56 Å². The third kappa shape index (κ3) is 1.99. The predicted octanol–water partition coefficient (Wildman–Crippen LogP) is -0.941. The Kier molecular flexibility index (Phi) is 2.96. The molecule has 102 valence electrons. The van der Waals surface area contributed by atoms with Gasteiger partial charge in [0, 0.05) is 6.42 Å². The molecule has 0 unspecified atom stereocenters. The summed E-state index contributed by atoms with van der Waals surface area (Å²) < 4.78 is 1.71. The minimum Gasteiger partial charge on any atom is -0.395 e. The Balaban J connectivity index is 2.05. The van der Waals surface area contributed by atoms with E-state index < -0.39 is 6.10 Å². The fourth-order valence-corrected chi connectivity index (χ4v) is 3.58. The number of nitrogens with two attached hydrogens (primary N) is 1. The predicted molar refractivity (Wildman–Crippen MR) is 70.7 cm³/mol. The molecule has 0 bridgehead atoms. The van der Waals surface area contributed by atoms with E-state index in [1.165, 1.54) is 18.1 Å². The van der Waals surface area contributed by atoms with Crippen LogP contribution in [0.15, 0.2) is 11.1 Å². The van der Waals surface area contributed by atoms with Crippen LogP contribution in [0.25, 0.3) is 11.2 Å². The topological polar surface area (TPSA) is 130 Å². The molecule has 2 aromatic heterocycles. The van der Waals surface area contributed by atoms with Crippen molar-refractivity contribution in [3.05, 3.63) is 16.7 Å². The van der Waals surface area contributed by atoms with Gasteiger partial charge in [-0.1, -0.05) is 0 Å². The molecule has 0 spiro atoms. The number of fused-ring (bicyclic) bond motifs is 1. The lowest BCUT2D eigenvalue weighted by Crippen LogP contribution is -2.20. The van der Waals surface area contributed by atoms with Gasteiger partial charge in [-0.3, -0.25) is 9.78 Å². The first-order valence-corrected chi connectivity index (χ1v) is 6.71. The van der Waals surface area contributed by atoms with E-state index in [4.69, 9.17) is 10.8 Å². The third-order valence-electron chi connectivity index (χ3n) is 3.15. The van der Waals surface area contributed by atoms with Gasteiger partial charge < -0.3 is 20.5 Å². The third-order valence-corrected chi connectivity index (χ3v) is 4.69. The van der Waals surface area contributed by atoms with Crippen molar-refractivity contribution in [1.29, 1.82) is 0 Å². The summed E-state index contributed by atoms with van der Waals surface area (Å²) >= 11 is 1.43. The number of aliphatic hydroxyl groups is 2. The molecule has 5 N–H and O–H groups in total. The minimum atomic E-state index is -0.586. The summed E-state index contributed by atoms with van der Waals surface area (Å²) in [6.45, 7) is -0.0921. The average molecular weight is 283 g/mol. The Bertz CT molecular complexity index is 669. The van der Waals surface area contributed by atoms with E-state index in [1.54, 1.807) is 4.57 Å². The molecule has 9 heteroatoms. The van der Waals surface area contributed by atoms with Gasteiger partial charge in [-0.05, 0) is 0 Å². The largest absolute Gasteiger partial charge is 0.395 e. The second-order valence-corrected chi connectivity index (χ2v) is 5.81. The Morgan fingerprint density at radius 2 is 2.42 bits per heavy atom. The second kappa shape index (κ2) is 4.51. The van der Waals surface area contributed by atoms with Crippen LogP contribution in [0.5, 0.6) is 0 Å². The van der Waals surface area contributed by atoms with Gasteiger partial charge in [0.1, 0.15) is 0 Å². The number of anilines is 1. The summed E-state index contributed by atoms with van der Waals surface area (Å²) in [7, 11) is 0. The monoisotopic (exact) mass is 283 g/mol. The Hall–Kier alpha value is -1.58. The molecule has 0 amide bonds. The number of aromatic nitrogens is 4. The van der Waals surface area contributed by atoms with E-state index in [1.807, 2.05) is 0 Å². The first-order chi connectivity index (χ1) is 9.10. The van der Waals surface area contributed by atoms with Crippen molar-refractivity contribution in [2.75, 3.05) is 12.3 Å². The van der Waals surface area contributed by atoms with Crippen LogP contribution in [-0.2, 0) is 0 Å². The maximum atomic E-state index is 11.7. The first-order valence-electron chi connectivity index (χ1n) is 5.77. The van der Waals surface area contributed by atoms with Gasteiger partial charge in [0.05, 0.1) is 29.7 Å². The van der Waals surface area contributed by atoms with Gasteiger partial charge in [0.15, 0.2) is 11.2 Å². The zero-order valence-corrected chi connectivity index (χ0v) is 10.7. The van der Waals surface area contributed by atoms with E-state index in [9.17, 15) is 9.90 Å². The quantitative estimate of drug-likeness (QED) is 0.559. The summed E-state index contributed by atoms with van der Waals surface area (Å²) in [6.07, 6.45) is 1.39. The number of nitrogens with one attached hydrogen (secondary N) is 1. The number of hydrogen-bond acceptors (Lipinski definition) is 7. The highest BCUT2D eigenvalue weighted by atomic mass is 32.2. The molecule has 1 saturated heterocycles. The number of nitrogens with zero attached hydrogens (tertiary/aromatic N) is 3. The SMILES string of the molecule is Nc1nc2c(ncn2[C@@H]2C[C@H](O)[C@H](CO)S2)c(=O)[nH]1. The molecule has 1 fully saturated rings. The van der Waals surface area contributed by atoms with Crippen molar-refractivity contribution in [2.24, 2.45) is 0 Å². The zero-order chi connectivity index (χ0) is 13.6. The van der Waals surface area contributed by atoms with Crippen molar-refractivity contribution < 1.29 is 10.2 Å². The van der Waals surface area contributed by atoms with E-state index in [0.717, 1.165) is 0 Å². The van der Waals surface area contributed by atoms with Crippen LogP contribution in [0.1, 0.15) is 11.8 Å². The number of aromatic amines is 1. The summed E-state index contributed by atoms with van der Waals surface area (Å²) in [4.78, 5) is 22.2. The van der Waals surface area contributed by atoms with Crippen LogP contribution in [0.4, 0.5) is 5.95 Å². The normalized spacial score (nSPS) is 27.2. The molecule has 3 heterocycles. The molecule has 1 aliphatic rings. The lowest BCUT2D eigenvalue weighted by molar-refractivity contribution is 0.138. The van der Waals surface area contributed by atoms with Crippen LogP contribution >= 0.6 is 11.8 Å². The van der Waals surface area contributed by atoms with E-state index in [-0.39, 0.29) is 34.3 Å². The van der Waals surface area contributed by atoms with Crippen LogP contribution < -0.4 is 11.3 Å². The number of imidazole rings is 1. The maximum absolute atomic E-state index is 11.7. The number of aliphatic hydroxyl groups excluding tert-OH is 2. The lowest BCUT2D eigenvalue weighted by atomic mass is 10.2. The fraction of sp³-hybridized carbons (Fsp3) is 0.500. The molecule has 0 aliphatic carbocycles. The summed E-state index contributed by atoms with van der Waals surface area (Å²) in [5.74, 6) is 0.0292. The summed E-state index contributed by atoms with van der Waals surface area (Å²) in [5.41, 5.74) is 5.75. The minimum absolute atomic E-state index is 0.0292. The smallest absolute Gasteiger partial charge is 0.280 e. The van der Waals surface area contributed by atoms with Crippen LogP contribution in [-0.4, -0.2) is 47.7 Å². The Morgan fingerprint density at radius 1 is 1.63 bits per heavy atom. The summed E-state index contributed by atoms with van der Waals surface area (Å²) in [5, 5.41) is 18.6. The molecule has 2 aromatic rings. The van der Waals surface area contributed by atoms with Crippen LogP contribution in [0.2, 0.25) is 0 Å². The molecule has 0 radical (unpaired) electrons. The Labute approximate surface area is 111 Å². The number of hydrogen-bond donors (Lipinski definition) is 4. The molecular weight excluding hydrogens is 270 g/mol. The van der Waals surface area contributed by atoms with Crippen LogP contribution in [0.3, 0.4) is 0 Å². The van der Waals surface area contributed by atoms with E-state index in [2.05, 4.69) is 15.0 Å². The second-order valence-electron chi connectivity index (χ2n) is 4.39. The van der Waals surface area contributed by atoms with Crippen molar-refractivity contribution in [1.82, 2.24) is 19.5 Å². The van der Waals surface area contributed by atoms with Gasteiger partial charge in [-0.25, -0.2) is 4.98 Å². The van der Waals surface area contributed by atoms with E-state index >= 15 is 0 Å². The molecule has 0 aromatic carbocycles. The highest BCUT2D eigenvalue weighted by Gasteiger charge is 2.35. The van der Waals surface area contributed by atoms with Gasteiger partial charge >= 0.3 is 0 Å². The fourth-order valence-electron chi connectivity index (χ4n) is 2.20. The average Bonchev–Trinajstić information content (AvgIpc) is 2.92. The van der Waals surface area contributed by atoms with Crippen molar-refractivity contribution in [3.63, 3.8) is 0 Å². The number of H-pyrrole nitrogens is 1. The van der Waals surface area contributed by atoms with Crippen molar-refractivity contribution in [3.8, 4) is 0 Å². The maximum Gasteiger partial charge on any atom is 0.280 e. The molecule has 8 nitrogen and oxygen atoms in total. The zero-order valence-electron chi connectivity index (χ0n) is 9.85. The number of thioether (sulfide) groups is 1. The number of rotatable bonds is 2. The van der Waals surface area contributed by atoms with Crippen molar-refractivity contribution >= 4 is 28.9 Å². The molecule has 0 saturated carbocycles. The Morgan fingerprint density at radius 3 is 3.11 bits per heavy atom. The highest BCUT2D eigenvalue weighted by Crippen LogP contribution is 2.42. The van der Waals surface area contributed by atoms with Crippen LogP contribution in [0, 0.1) is 0 Å². The lowest BCUT2D eigenvalue weighted by Gasteiger charge is -2.11. The highest BCUT2D eigenvalue weighted by molar-refractivity contribution is 8.00.